The SMILES string of the molecule is CC(C)=CCC[C@@H](C)[C@@]12CC[C@H](O)[C@@H]1C2. The standard InChI is InChI=1S/C14H24O/c1-10(2)5-4-6-11(3)14-8-7-13(15)12(14)9-14/h5,11-13,15H,4,6-9H2,1-3H3/t11-,12+,13+,14+/m1/s1. The van der Waals surface area contributed by atoms with Crippen LogP contribution in [-0.4, -0.2) is 11.2 Å². The number of hydrogen-bond donors (Lipinski definition) is 1. The highest BCUT2D eigenvalue weighted by Crippen LogP contribution is 2.68. The molecule has 2 aliphatic carbocycles. The van der Waals surface area contributed by atoms with Crippen LogP contribution in [0, 0.1) is 17.3 Å². The lowest BCUT2D eigenvalue weighted by Gasteiger charge is -2.20. The van der Waals surface area contributed by atoms with Gasteiger partial charge in [0.15, 0.2) is 0 Å². The molecule has 0 radical (unpaired) electrons. The monoisotopic (exact) mass is 208 g/mol. The maximum atomic E-state index is 9.76. The fraction of sp³-hybridized carbons (Fsp3) is 0.857. The molecule has 2 aliphatic rings. The number of fused-ring (bicyclic) bond motifs is 1. The Morgan fingerprint density at radius 1 is 1.53 bits per heavy atom. The lowest BCUT2D eigenvalue weighted by atomic mass is 9.85. The zero-order chi connectivity index (χ0) is 11.1. The molecule has 0 amide bonds. The fourth-order valence-corrected chi connectivity index (χ4v) is 3.50. The van der Waals surface area contributed by atoms with Crippen LogP contribution in [0.2, 0.25) is 0 Å². The molecule has 0 heterocycles. The van der Waals surface area contributed by atoms with Crippen LogP contribution in [0.3, 0.4) is 0 Å². The molecule has 0 aromatic carbocycles. The molecule has 0 aromatic heterocycles. The summed E-state index contributed by atoms with van der Waals surface area (Å²) in [7, 11) is 0. The molecule has 1 nitrogen and oxygen atoms in total. The third-order valence-electron chi connectivity index (χ3n) is 4.68. The lowest BCUT2D eigenvalue weighted by Crippen LogP contribution is -2.12. The van der Waals surface area contributed by atoms with Crippen molar-refractivity contribution in [3.8, 4) is 0 Å². The van der Waals surface area contributed by atoms with E-state index in [4.69, 9.17) is 0 Å². The first-order chi connectivity index (χ1) is 7.06. The molecule has 0 aliphatic heterocycles. The average Bonchev–Trinajstić information content (AvgIpc) is 2.82. The van der Waals surface area contributed by atoms with E-state index in [-0.39, 0.29) is 6.10 Å². The molecule has 1 N–H and O–H groups in total. The van der Waals surface area contributed by atoms with Crippen LogP contribution in [0.4, 0.5) is 0 Å². The van der Waals surface area contributed by atoms with Crippen LogP contribution in [-0.2, 0) is 0 Å². The number of rotatable bonds is 4. The van der Waals surface area contributed by atoms with Gasteiger partial charge < -0.3 is 5.11 Å². The Morgan fingerprint density at radius 3 is 2.73 bits per heavy atom. The van der Waals surface area contributed by atoms with Crippen molar-refractivity contribution in [1.82, 2.24) is 0 Å². The quantitative estimate of drug-likeness (QED) is 0.701. The molecular formula is C14H24O. The van der Waals surface area contributed by atoms with Gasteiger partial charge in [0.1, 0.15) is 0 Å². The third kappa shape index (κ3) is 1.99. The predicted octanol–water partition coefficient (Wildman–Crippen LogP) is 3.53. The van der Waals surface area contributed by atoms with Crippen LogP contribution < -0.4 is 0 Å². The minimum absolute atomic E-state index is 0.0240. The zero-order valence-electron chi connectivity index (χ0n) is 10.3. The molecular weight excluding hydrogens is 184 g/mol. The van der Waals surface area contributed by atoms with Gasteiger partial charge in [0.05, 0.1) is 6.10 Å². The zero-order valence-corrected chi connectivity index (χ0v) is 10.3. The van der Waals surface area contributed by atoms with Crippen molar-refractivity contribution in [3.05, 3.63) is 11.6 Å². The number of allylic oxidation sites excluding steroid dienone is 2. The van der Waals surface area contributed by atoms with Crippen molar-refractivity contribution in [2.45, 2.75) is 59.0 Å². The third-order valence-corrected chi connectivity index (χ3v) is 4.68. The molecule has 2 fully saturated rings. The van der Waals surface area contributed by atoms with Crippen molar-refractivity contribution < 1.29 is 5.11 Å². The van der Waals surface area contributed by atoms with Crippen molar-refractivity contribution in [1.29, 1.82) is 0 Å². The summed E-state index contributed by atoms with van der Waals surface area (Å²) in [5, 5.41) is 9.76. The van der Waals surface area contributed by atoms with Gasteiger partial charge in [-0.05, 0) is 63.2 Å². The summed E-state index contributed by atoms with van der Waals surface area (Å²) < 4.78 is 0. The van der Waals surface area contributed by atoms with E-state index in [9.17, 15) is 5.11 Å². The first-order valence-corrected chi connectivity index (χ1v) is 6.38. The van der Waals surface area contributed by atoms with Crippen LogP contribution in [0.1, 0.15) is 52.9 Å². The Bertz CT molecular complexity index is 265. The topological polar surface area (TPSA) is 20.2 Å². The molecule has 0 spiro atoms. The number of aliphatic hydroxyl groups excluding tert-OH is 1. The van der Waals surface area contributed by atoms with E-state index in [0.717, 1.165) is 12.3 Å². The molecule has 4 atom stereocenters. The molecule has 0 unspecified atom stereocenters. The van der Waals surface area contributed by atoms with E-state index in [0.29, 0.717) is 11.3 Å². The summed E-state index contributed by atoms with van der Waals surface area (Å²) in [5.41, 5.74) is 1.98. The van der Waals surface area contributed by atoms with E-state index in [1.807, 2.05) is 0 Å². The summed E-state index contributed by atoms with van der Waals surface area (Å²) in [6.45, 7) is 6.72. The molecule has 0 saturated heterocycles. The molecule has 2 rings (SSSR count). The molecule has 1 heteroatoms. The second-order valence-electron chi connectivity index (χ2n) is 5.91. The normalized spacial score (nSPS) is 39.7. The number of hydrogen-bond acceptors (Lipinski definition) is 1. The maximum Gasteiger partial charge on any atom is 0.0574 e. The van der Waals surface area contributed by atoms with E-state index in [1.54, 1.807) is 0 Å². The Hall–Kier alpha value is -0.300. The van der Waals surface area contributed by atoms with Crippen molar-refractivity contribution in [2.75, 3.05) is 0 Å². The molecule has 15 heavy (non-hydrogen) atoms. The molecule has 2 saturated carbocycles. The summed E-state index contributed by atoms with van der Waals surface area (Å²) in [6, 6.07) is 0. The second kappa shape index (κ2) is 3.93. The first-order valence-electron chi connectivity index (χ1n) is 6.38. The van der Waals surface area contributed by atoms with Gasteiger partial charge in [-0.15, -0.1) is 0 Å². The lowest BCUT2D eigenvalue weighted by molar-refractivity contribution is 0.156. The van der Waals surface area contributed by atoms with Gasteiger partial charge in [0.25, 0.3) is 0 Å². The van der Waals surface area contributed by atoms with Crippen molar-refractivity contribution in [2.24, 2.45) is 17.3 Å². The highest BCUT2D eigenvalue weighted by atomic mass is 16.3. The largest absolute Gasteiger partial charge is 0.393 e. The maximum absolute atomic E-state index is 9.76. The minimum atomic E-state index is 0.0240. The summed E-state index contributed by atoms with van der Waals surface area (Å²) in [4.78, 5) is 0. The molecule has 0 bridgehead atoms. The van der Waals surface area contributed by atoms with Gasteiger partial charge in [-0.25, -0.2) is 0 Å². The Balaban J connectivity index is 1.83. The van der Waals surface area contributed by atoms with E-state index < -0.39 is 0 Å². The van der Waals surface area contributed by atoms with Crippen LogP contribution in [0.5, 0.6) is 0 Å². The average molecular weight is 208 g/mol. The predicted molar refractivity (Wildman–Crippen MR) is 63.6 cm³/mol. The molecule has 86 valence electrons. The van der Waals surface area contributed by atoms with E-state index >= 15 is 0 Å². The summed E-state index contributed by atoms with van der Waals surface area (Å²) in [6.07, 6.45) is 8.51. The first kappa shape index (κ1) is 11.2. The van der Waals surface area contributed by atoms with Gasteiger partial charge in [-0.3, -0.25) is 0 Å². The fourth-order valence-electron chi connectivity index (χ4n) is 3.50. The van der Waals surface area contributed by atoms with Gasteiger partial charge >= 0.3 is 0 Å². The van der Waals surface area contributed by atoms with Crippen molar-refractivity contribution in [3.63, 3.8) is 0 Å². The Kier molecular flexibility index (Phi) is 2.94. The van der Waals surface area contributed by atoms with Gasteiger partial charge in [-0.1, -0.05) is 18.6 Å². The van der Waals surface area contributed by atoms with Gasteiger partial charge in [0.2, 0.25) is 0 Å². The summed E-state index contributed by atoms with van der Waals surface area (Å²) >= 11 is 0. The highest BCUT2D eigenvalue weighted by molar-refractivity contribution is 5.12. The van der Waals surface area contributed by atoms with Gasteiger partial charge in [0, 0.05) is 0 Å². The summed E-state index contributed by atoms with van der Waals surface area (Å²) in [5.74, 6) is 1.45. The van der Waals surface area contributed by atoms with E-state index in [1.165, 1.54) is 31.3 Å². The Labute approximate surface area is 93.6 Å². The van der Waals surface area contributed by atoms with Crippen molar-refractivity contribution >= 4 is 0 Å². The highest BCUT2D eigenvalue weighted by Gasteiger charge is 2.63. The smallest absolute Gasteiger partial charge is 0.0574 e. The van der Waals surface area contributed by atoms with Crippen LogP contribution >= 0.6 is 0 Å². The minimum Gasteiger partial charge on any atom is -0.393 e. The Morgan fingerprint density at radius 2 is 2.27 bits per heavy atom. The van der Waals surface area contributed by atoms with Crippen LogP contribution in [0.15, 0.2) is 11.6 Å². The van der Waals surface area contributed by atoms with Crippen LogP contribution in [0.25, 0.3) is 0 Å². The number of aliphatic hydroxyl groups is 1. The van der Waals surface area contributed by atoms with E-state index in [2.05, 4.69) is 26.8 Å². The van der Waals surface area contributed by atoms with Gasteiger partial charge in [-0.2, -0.15) is 0 Å². The second-order valence-corrected chi connectivity index (χ2v) is 5.91. The molecule has 0 aromatic rings.